The largest absolute Gasteiger partial charge is 0.300 e. The molecule has 0 saturated carbocycles. The molecule has 0 radical (unpaired) electrons. The molecule has 1 heterocycles. The average molecular weight is 269 g/mol. The van der Waals surface area contributed by atoms with Crippen molar-refractivity contribution >= 4 is 6.08 Å². The van der Waals surface area contributed by atoms with E-state index in [1.54, 1.807) is 22.3 Å². The van der Waals surface area contributed by atoms with Crippen LogP contribution in [0.15, 0.2) is 17.7 Å². The van der Waals surface area contributed by atoms with Gasteiger partial charge in [-0.1, -0.05) is 37.6 Å². The summed E-state index contributed by atoms with van der Waals surface area (Å²) in [5, 5.41) is 0. The fourth-order valence-corrected chi connectivity index (χ4v) is 3.51. The third kappa shape index (κ3) is 2.56. The Morgan fingerprint density at radius 3 is 2.15 bits per heavy atom. The maximum Gasteiger partial charge on any atom is 0.00388 e. The molecule has 0 N–H and O–H groups in total. The molecule has 0 unspecified atom stereocenters. The summed E-state index contributed by atoms with van der Waals surface area (Å²) in [5.74, 6) is 0.679. The minimum Gasteiger partial charge on any atom is -0.300 e. The molecule has 3 rings (SSSR count). The van der Waals surface area contributed by atoms with Crippen LogP contribution in [0, 0.1) is 5.92 Å². The van der Waals surface area contributed by atoms with Crippen LogP contribution in [0.3, 0.4) is 0 Å². The van der Waals surface area contributed by atoms with Gasteiger partial charge in [0.05, 0.1) is 0 Å². The first-order valence-electron chi connectivity index (χ1n) is 8.13. The van der Waals surface area contributed by atoms with Gasteiger partial charge in [0.15, 0.2) is 0 Å². The molecular formula is C19H27N. The lowest BCUT2D eigenvalue weighted by Crippen LogP contribution is -2.32. The van der Waals surface area contributed by atoms with Crippen LogP contribution >= 0.6 is 0 Å². The molecule has 1 aliphatic carbocycles. The maximum atomic E-state index is 2.61. The normalized spacial score (nSPS) is 19.0. The van der Waals surface area contributed by atoms with Crippen molar-refractivity contribution in [1.82, 2.24) is 4.90 Å². The summed E-state index contributed by atoms with van der Waals surface area (Å²) in [6.45, 7) is 11.7. The van der Waals surface area contributed by atoms with Gasteiger partial charge in [0, 0.05) is 19.1 Å². The number of allylic oxidation sites excluding steroid dienone is 1. The number of fused-ring (bicyclic) bond motifs is 2. The second-order valence-electron chi connectivity index (χ2n) is 7.00. The van der Waals surface area contributed by atoms with Crippen LogP contribution in [0.2, 0.25) is 0 Å². The van der Waals surface area contributed by atoms with E-state index in [9.17, 15) is 0 Å². The number of hydrogen-bond donors (Lipinski definition) is 0. The predicted octanol–water partition coefficient (Wildman–Crippen LogP) is 4.09. The van der Waals surface area contributed by atoms with E-state index in [2.05, 4.69) is 50.8 Å². The molecule has 0 fully saturated rings. The lowest BCUT2D eigenvalue weighted by atomic mass is 9.96. The van der Waals surface area contributed by atoms with Crippen molar-refractivity contribution < 1.29 is 0 Å². The van der Waals surface area contributed by atoms with Crippen LogP contribution in [0.5, 0.6) is 0 Å². The fourth-order valence-electron chi connectivity index (χ4n) is 3.51. The van der Waals surface area contributed by atoms with Crippen LogP contribution in [-0.4, -0.2) is 24.0 Å². The minimum absolute atomic E-state index is 0.670. The summed E-state index contributed by atoms with van der Waals surface area (Å²) < 4.78 is 0. The first-order chi connectivity index (χ1) is 9.54. The lowest BCUT2D eigenvalue weighted by molar-refractivity contribution is 0.233. The van der Waals surface area contributed by atoms with Gasteiger partial charge in [-0.15, -0.1) is 0 Å². The highest BCUT2D eigenvalue weighted by molar-refractivity contribution is 5.66. The molecule has 1 aromatic carbocycles. The topological polar surface area (TPSA) is 3.24 Å². The number of benzene rings is 1. The molecule has 2 aliphatic rings. The molecule has 108 valence electrons. The van der Waals surface area contributed by atoms with Gasteiger partial charge in [0.25, 0.3) is 0 Å². The van der Waals surface area contributed by atoms with E-state index in [0.29, 0.717) is 12.0 Å². The van der Waals surface area contributed by atoms with Crippen molar-refractivity contribution in [3.05, 3.63) is 40.0 Å². The van der Waals surface area contributed by atoms with E-state index < -0.39 is 0 Å². The van der Waals surface area contributed by atoms with E-state index in [1.165, 1.54) is 37.9 Å². The zero-order valence-electron chi connectivity index (χ0n) is 13.4. The van der Waals surface area contributed by atoms with Crippen LogP contribution in [-0.2, 0) is 19.3 Å². The van der Waals surface area contributed by atoms with Gasteiger partial charge in [-0.2, -0.15) is 0 Å². The summed E-state index contributed by atoms with van der Waals surface area (Å²) in [4.78, 5) is 2.61. The molecule has 1 aromatic rings. The Labute approximate surface area is 123 Å². The van der Waals surface area contributed by atoms with Gasteiger partial charge in [-0.05, 0) is 61.3 Å². The molecule has 1 aliphatic heterocycles. The Morgan fingerprint density at radius 1 is 0.900 bits per heavy atom. The minimum atomic E-state index is 0.670. The standard InChI is InChI=1S/C19H27N/c1-13(2)17-11-18-9-15-5-7-20(14(3)4)8-6-16(15)10-19(18)12-17/h9-11,13-14H,5-8,12H2,1-4H3. The van der Waals surface area contributed by atoms with Gasteiger partial charge in [0.2, 0.25) is 0 Å². The molecule has 0 spiro atoms. The number of nitrogens with zero attached hydrogens (tertiary/aromatic N) is 1. The van der Waals surface area contributed by atoms with Crippen molar-refractivity contribution in [3.8, 4) is 0 Å². The first kappa shape index (κ1) is 13.9. The SMILES string of the molecule is CC(C)C1=Cc2cc3c(cc2C1)CCN(C(C)C)CC3. The van der Waals surface area contributed by atoms with E-state index in [-0.39, 0.29) is 0 Å². The fraction of sp³-hybridized carbons (Fsp3) is 0.579. The van der Waals surface area contributed by atoms with Gasteiger partial charge in [0.1, 0.15) is 0 Å². The average Bonchev–Trinajstić information content (AvgIpc) is 2.69. The molecule has 0 aromatic heterocycles. The van der Waals surface area contributed by atoms with Crippen molar-refractivity contribution in [2.45, 2.75) is 53.0 Å². The predicted molar refractivity (Wildman–Crippen MR) is 87.1 cm³/mol. The second kappa shape index (κ2) is 5.37. The Kier molecular flexibility index (Phi) is 3.72. The van der Waals surface area contributed by atoms with E-state index in [1.807, 2.05) is 0 Å². The maximum absolute atomic E-state index is 2.61. The summed E-state index contributed by atoms with van der Waals surface area (Å²) in [5.41, 5.74) is 7.85. The van der Waals surface area contributed by atoms with Gasteiger partial charge >= 0.3 is 0 Å². The Balaban J connectivity index is 1.86. The highest BCUT2D eigenvalue weighted by Crippen LogP contribution is 2.32. The molecule has 0 bridgehead atoms. The monoisotopic (exact) mass is 269 g/mol. The molecule has 0 saturated heterocycles. The van der Waals surface area contributed by atoms with Crippen LogP contribution in [0.4, 0.5) is 0 Å². The Bertz CT molecular complexity index is 537. The van der Waals surface area contributed by atoms with Crippen molar-refractivity contribution in [2.24, 2.45) is 5.92 Å². The van der Waals surface area contributed by atoms with Crippen LogP contribution < -0.4 is 0 Å². The third-order valence-corrected chi connectivity index (χ3v) is 5.01. The van der Waals surface area contributed by atoms with Crippen molar-refractivity contribution in [1.29, 1.82) is 0 Å². The zero-order valence-corrected chi connectivity index (χ0v) is 13.4. The second-order valence-corrected chi connectivity index (χ2v) is 7.00. The van der Waals surface area contributed by atoms with Crippen molar-refractivity contribution in [3.63, 3.8) is 0 Å². The third-order valence-electron chi connectivity index (χ3n) is 5.01. The number of hydrogen-bond acceptors (Lipinski definition) is 1. The first-order valence-corrected chi connectivity index (χ1v) is 8.13. The van der Waals surface area contributed by atoms with E-state index in [4.69, 9.17) is 0 Å². The Hall–Kier alpha value is -1.08. The summed E-state index contributed by atoms with van der Waals surface area (Å²) in [6.07, 6.45) is 6.04. The van der Waals surface area contributed by atoms with Gasteiger partial charge in [-0.25, -0.2) is 0 Å². The van der Waals surface area contributed by atoms with E-state index in [0.717, 1.165) is 0 Å². The van der Waals surface area contributed by atoms with Crippen LogP contribution in [0.1, 0.15) is 49.9 Å². The van der Waals surface area contributed by atoms with Gasteiger partial charge < -0.3 is 4.90 Å². The highest BCUT2D eigenvalue weighted by Gasteiger charge is 2.20. The number of rotatable bonds is 2. The summed E-state index contributed by atoms with van der Waals surface area (Å²) in [7, 11) is 0. The van der Waals surface area contributed by atoms with Crippen LogP contribution in [0.25, 0.3) is 6.08 Å². The zero-order chi connectivity index (χ0) is 14.3. The molecule has 0 atom stereocenters. The summed E-state index contributed by atoms with van der Waals surface area (Å²) >= 11 is 0. The highest BCUT2D eigenvalue weighted by atomic mass is 15.1. The Morgan fingerprint density at radius 2 is 1.55 bits per heavy atom. The smallest absolute Gasteiger partial charge is 0.00388 e. The quantitative estimate of drug-likeness (QED) is 0.781. The van der Waals surface area contributed by atoms with Crippen molar-refractivity contribution in [2.75, 3.05) is 13.1 Å². The van der Waals surface area contributed by atoms with Gasteiger partial charge in [-0.3, -0.25) is 0 Å². The molecular weight excluding hydrogens is 242 g/mol. The van der Waals surface area contributed by atoms with E-state index >= 15 is 0 Å². The molecule has 20 heavy (non-hydrogen) atoms. The molecule has 0 amide bonds. The lowest BCUT2D eigenvalue weighted by Gasteiger charge is -2.23. The molecule has 1 heteroatoms. The molecule has 1 nitrogen and oxygen atoms in total. The summed E-state index contributed by atoms with van der Waals surface area (Å²) in [6, 6.07) is 5.65.